The van der Waals surface area contributed by atoms with Crippen molar-refractivity contribution in [2.45, 2.75) is 47.9 Å². The minimum absolute atomic E-state index is 0.0148. The molecule has 0 spiro atoms. The summed E-state index contributed by atoms with van der Waals surface area (Å²) in [5.74, 6) is -2.85. The van der Waals surface area contributed by atoms with Crippen molar-refractivity contribution >= 4 is 42.2 Å². The van der Waals surface area contributed by atoms with Crippen molar-refractivity contribution in [1.29, 1.82) is 0 Å². The summed E-state index contributed by atoms with van der Waals surface area (Å²) in [6.45, 7) is 3.13. The molecule has 0 heterocycles. The summed E-state index contributed by atoms with van der Waals surface area (Å²) in [6, 6.07) is 31.9. The van der Waals surface area contributed by atoms with E-state index in [1.165, 1.54) is 36.0 Å². The number of thioether (sulfide) groups is 1. The van der Waals surface area contributed by atoms with Gasteiger partial charge in [-0.25, -0.2) is 9.18 Å². The molecule has 10 heteroatoms. The number of thiol groups is 1. The van der Waals surface area contributed by atoms with Crippen LogP contribution in [0.2, 0.25) is 0 Å². The third-order valence-corrected chi connectivity index (χ3v) is 9.51. The van der Waals surface area contributed by atoms with E-state index in [1.54, 1.807) is 13.8 Å². The number of nitrogens with two attached hydrogens (primary N) is 1. The molecule has 0 aromatic heterocycles. The fourth-order valence-electron chi connectivity index (χ4n) is 5.19. The van der Waals surface area contributed by atoms with Gasteiger partial charge < -0.3 is 21.5 Å². The van der Waals surface area contributed by atoms with Gasteiger partial charge in [0, 0.05) is 16.9 Å². The average molecular weight is 660 g/mol. The summed E-state index contributed by atoms with van der Waals surface area (Å²) in [5.41, 5.74) is 10.1. The highest BCUT2D eigenvalue weighted by atomic mass is 32.2. The topological polar surface area (TPSA) is 122 Å². The first kappa shape index (κ1) is 34.7. The molecule has 5 N–H and O–H groups in total. The normalized spacial score (nSPS) is 13.7. The molecule has 0 aliphatic rings. The number of carbonyl (C=O) groups excluding carboxylic acids is 2. The third-order valence-electron chi connectivity index (χ3n) is 7.58. The number of amides is 2. The van der Waals surface area contributed by atoms with Crippen LogP contribution >= 0.6 is 24.4 Å². The Morgan fingerprint density at radius 2 is 1.24 bits per heavy atom. The number of benzene rings is 4. The highest BCUT2D eigenvalue weighted by Gasteiger charge is 2.39. The van der Waals surface area contributed by atoms with Crippen LogP contribution in [-0.2, 0) is 25.6 Å². The second-order valence-electron chi connectivity index (χ2n) is 11.5. The van der Waals surface area contributed by atoms with Gasteiger partial charge in [0.1, 0.15) is 17.9 Å². The molecule has 4 rings (SSSR count). The Morgan fingerprint density at radius 3 is 1.65 bits per heavy atom. The standard InChI is InChI=1S/C36H38FN3O4S2/c1-35(2,45)31(34(43)44)40-33(42)30(22-24-18-20-28(37)21-19-24)39-32(41)29(38)23-46-36(25-12-6-3-7-13-25,26-14-8-4-9-15-26)27-16-10-5-11-17-27/h3-21,29-31,45H,22-23,38H2,1-2H3,(H,39,41)(H,40,42)(H,43,44)/t29-,30+,31-/m0/s1. The number of aliphatic carboxylic acids is 1. The molecule has 0 fully saturated rings. The lowest BCUT2D eigenvalue weighted by Gasteiger charge is -2.36. The van der Waals surface area contributed by atoms with Gasteiger partial charge in [-0.1, -0.05) is 103 Å². The SMILES string of the molecule is CC(C)(S)[C@@H](NC(=O)[C@@H](Cc1ccc(F)cc1)NC(=O)[C@@H](N)CSC(c1ccccc1)(c1ccccc1)c1ccccc1)C(=O)O. The zero-order chi connectivity index (χ0) is 33.3. The summed E-state index contributed by atoms with van der Waals surface area (Å²) in [5, 5.41) is 15.0. The summed E-state index contributed by atoms with van der Waals surface area (Å²) in [4.78, 5) is 39.0. The molecule has 0 saturated heterocycles. The van der Waals surface area contributed by atoms with Gasteiger partial charge in [-0.15, -0.1) is 11.8 Å². The first-order valence-corrected chi connectivity index (χ1v) is 16.2. The minimum atomic E-state index is -1.34. The van der Waals surface area contributed by atoms with E-state index < -0.39 is 51.2 Å². The largest absolute Gasteiger partial charge is 0.480 e. The van der Waals surface area contributed by atoms with Crippen LogP contribution in [0.1, 0.15) is 36.1 Å². The molecule has 240 valence electrons. The molecule has 2 amide bonds. The fourth-order valence-corrected chi connectivity index (χ4v) is 6.85. The molecule has 46 heavy (non-hydrogen) atoms. The van der Waals surface area contributed by atoms with Gasteiger partial charge in [0.05, 0.1) is 10.8 Å². The maximum atomic E-state index is 13.6. The first-order chi connectivity index (χ1) is 21.9. The Balaban J connectivity index is 1.62. The second-order valence-corrected chi connectivity index (χ2v) is 13.9. The van der Waals surface area contributed by atoms with Gasteiger partial charge in [0.15, 0.2) is 0 Å². The van der Waals surface area contributed by atoms with Crippen molar-refractivity contribution in [3.05, 3.63) is 143 Å². The Morgan fingerprint density at radius 1 is 0.783 bits per heavy atom. The number of hydrogen-bond donors (Lipinski definition) is 5. The molecule has 0 aliphatic heterocycles. The molecule has 0 unspecified atom stereocenters. The molecular formula is C36H38FN3O4S2. The van der Waals surface area contributed by atoms with E-state index in [2.05, 4.69) is 23.3 Å². The number of rotatable bonds is 14. The molecule has 0 saturated carbocycles. The molecular weight excluding hydrogens is 622 g/mol. The Hall–Kier alpha value is -4.12. The molecule has 0 bridgehead atoms. The predicted octanol–water partition coefficient (Wildman–Crippen LogP) is 5.18. The van der Waals surface area contributed by atoms with Crippen molar-refractivity contribution in [1.82, 2.24) is 10.6 Å². The van der Waals surface area contributed by atoms with Crippen LogP contribution in [0.5, 0.6) is 0 Å². The van der Waals surface area contributed by atoms with E-state index in [-0.39, 0.29) is 12.2 Å². The highest BCUT2D eigenvalue weighted by Crippen LogP contribution is 2.48. The maximum Gasteiger partial charge on any atom is 0.327 e. The Kier molecular flexibility index (Phi) is 11.7. The molecule has 0 radical (unpaired) electrons. The Labute approximate surface area is 278 Å². The number of carbonyl (C=O) groups is 3. The van der Waals surface area contributed by atoms with Crippen LogP contribution in [0.3, 0.4) is 0 Å². The monoisotopic (exact) mass is 659 g/mol. The second kappa shape index (κ2) is 15.4. The van der Waals surface area contributed by atoms with Crippen LogP contribution < -0.4 is 16.4 Å². The maximum absolute atomic E-state index is 13.6. The average Bonchev–Trinajstić information content (AvgIpc) is 3.05. The summed E-state index contributed by atoms with van der Waals surface area (Å²) in [6.07, 6.45) is -0.0148. The smallest absolute Gasteiger partial charge is 0.327 e. The van der Waals surface area contributed by atoms with Gasteiger partial charge in [-0.3, -0.25) is 9.59 Å². The summed E-state index contributed by atoms with van der Waals surface area (Å²) in [7, 11) is 0. The van der Waals surface area contributed by atoms with E-state index in [4.69, 9.17) is 5.73 Å². The van der Waals surface area contributed by atoms with E-state index in [0.717, 1.165) is 16.7 Å². The summed E-state index contributed by atoms with van der Waals surface area (Å²) >= 11 is 5.85. The van der Waals surface area contributed by atoms with E-state index in [9.17, 15) is 23.9 Å². The van der Waals surface area contributed by atoms with Gasteiger partial charge >= 0.3 is 5.97 Å². The minimum Gasteiger partial charge on any atom is -0.480 e. The van der Waals surface area contributed by atoms with Gasteiger partial charge in [-0.05, 0) is 48.2 Å². The van der Waals surface area contributed by atoms with Crippen LogP contribution in [0.4, 0.5) is 4.39 Å². The van der Waals surface area contributed by atoms with Crippen molar-refractivity contribution in [3.8, 4) is 0 Å². The van der Waals surface area contributed by atoms with Crippen LogP contribution in [0, 0.1) is 5.82 Å². The third kappa shape index (κ3) is 8.57. The van der Waals surface area contributed by atoms with Gasteiger partial charge in [-0.2, -0.15) is 12.6 Å². The molecule has 4 aromatic rings. The molecule has 3 atom stereocenters. The lowest BCUT2D eigenvalue weighted by atomic mass is 9.84. The summed E-state index contributed by atoms with van der Waals surface area (Å²) < 4.78 is 11.8. The van der Waals surface area contributed by atoms with E-state index in [0.29, 0.717) is 5.56 Å². The molecule has 4 aromatic carbocycles. The Bertz CT molecular complexity index is 1500. The zero-order valence-electron chi connectivity index (χ0n) is 25.6. The van der Waals surface area contributed by atoms with E-state index in [1.807, 2.05) is 91.0 Å². The number of carboxylic acids is 1. The van der Waals surface area contributed by atoms with E-state index >= 15 is 0 Å². The number of nitrogens with one attached hydrogen (secondary N) is 2. The fraction of sp³-hybridized carbons (Fsp3) is 0.250. The highest BCUT2D eigenvalue weighted by molar-refractivity contribution is 8.00. The number of halogens is 1. The molecule has 7 nitrogen and oxygen atoms in total. The van der Waals surface area contributed by atoms with Crippen LogP contribution in [-0.4, -0.2) is 51.5 Å². The van der Waals surface area contributed by atoms with Crippen molar-refractivity contribution in [2.24, 2.45) is 5.73 Å². The predicted molar refractivity (Wildman–Crippen MR) is 184 cm³/mol. The lowest BCUT2D eigenvalue weighted by molar-refractivity contribution is -0.143. The lowest BCUT2D eigenvalue weighted by Crippen LogP contribution is -2.59. The van der Waals surface area contributed by atoms with Crippen LogP contribution in [0.15, 0.2) is 115 Å². The zero-order valence-corrected chi connectivity index (χ0v) is 27.3. The van der Waals surface area contributed by atoms with Gasteiger partial charge in [0.25, 0.3) is 0 Å². The first-order valence-electron chi connectivity index (χ1n) is 14.8. The quantitative estimate of drug-likeness (QED) is 0.0940. The molecule has 0 aliphatic carbocycles. The number of hydrogen-bond acceptors (Lipinski definition) is 6. The number of carboxylic acid groups (broad SMARTS) is 1. The van der Waals surface area contributed by atoms with Crippen molar-refractivity contribution in [3.63, 3.8) is 0 Å². The van der Waals surface area contributed by atoms with Crippen molar-refractivity contribution in [2.75, 3.05) is 5.75 Å². The van der Waals surface area contributed by atoms with Crippen LogP contribution in [0.25, 0.3) is 0 Å². The van der Waals surface area contributed by atoms with Crippen molar-refractivity contribution < 1.29 is 23.9 Å². The van der Waals surface area contributed by atoms with Gasteiger partial charge in [0.2, 0.25) is 11.8 Å².